The van der Waals surface area contributed by atoms with Gasteiger partial charge in [0.05, 0.1) is 12.6 Å². The van der Waals surface area contributed by atoms with Crippen molar-refractivity contribution in [3.05, 3.63) is 35.4 Å². The van der Waals surface area contributed by atoms with E-state index in [1.165, 1.54) is 11.1 Å². The van der Waals surface area contributed by atoms with E-state index in [2.05, 4.69) is 24.0 Å². The predicted octanol–water partition coefficient (Wildman–Crippen LogP) is 1.81. The SMILES string of the molecule is COC1CCN(CC(=O)N(C)Cc2ccccc2C)C(CN)C1.Cl. The summed E-state index contributed by atoms with van der Waals surface area (Å²) in [6, 6.07) is 8.41. The van der Waals surface area contributed by atoms with E-state index in [1.807, 2.05) is 19.2 Å². The zero-order valence-electron chi connectivity index (χ0n) is 14.9. The largest absolute Gasteiger partial charge is 0.381 e. The third-order valence-corrected chi connectivity index (χ3v) is 4.83. The lowest BCUT2D eigenvalue weighted by Crippen LogP contribution is -2.51. The number of nitrogens with zero attached hydrogens (tertiary/aromatic N) is 2. The summed E-state index contributed by atoms with van der Waals surface area (Å²) in [6.07, 6.45) is 2.13. The average molecular weight is 356 g/mol. The van der Waals surface area contributed by atoms with Crippen molar-refractivity contribution in [3.63, 3.8) is 0 Å². The third-order valence-electron chi connectivity index (χ3n) is 4.83. The molecule has 2 rings (SSSR count). The molecule has 0 bridgehead atoms. The Hall–Kier alpha value is -1.14. The maximum Gasteiger partial charge on any atom is 0.236 e. The Kier molecular flexibility index (Phi) is 8.70. The molecule has 1 fully saturated rings. The van der Waals surface area contributed by atoms with E-state index in [0.29, 0.717) is 19.6 Å². The number of benzene rings is 1. The summed E-state index contributed by atoms with van der Waals surface area (Å²) in [4.78, 5) is 16.6. The van der Waals surface area contributed by atoms with E-state index < -0.39 is 0 Å². The second-order valence-electron chi connectivity index (χ2n) is 6.42. The number of carbonyl (C=O) groups is 1. The Morgan fingerprint density at radius 3 is 2.75 bits per heavy atom. The smallest absolute Gasteiger partial charge is 0.236 e. The van der Waals surface area contributed by atoms with E-state index in [4.69, 9.17) is 10.5 Å². The van der Waals surface area contributed by atoms with Crippen molar-refractivity contribution < 1.29 is 9.53 Å². The molecule has 0 aliphatic carbocycles. The van der Waals surface area contributed by atoms with Gasteiger partial charge in [0.1, 0.15) is 0 Å². The van der Waals surface area contributed by atoms with Crippen molar-refractivity contribution in [2.45, 2.75) is 38.5 Å². The highest BCUT2D eigenvalue weighted by Gasteiger charge is 2.29. The molecule has 1 aliphatic rings. The molecular weight excluding hydrogens is 326 g/mol. The number of likely N-dealkylation sites (N-methyl/N-ethyl adjacent to an activating group) is 1. The lowest BCUT2D eigenvalue weighted by Gasteiger charge is -2.38. The molecular formula is C18H30ClN3O2. The first-order valence-corrected chi connectivity index (χ1v) is 8.30. The van der Waals surface area contributed by atoms with Crippen molar-refractivity contribution in [1.29, 1.82) is 0 Å². The molecule has 0 aromatic heterocycles. The van der Waals surface area contributed by atoms with Gasteiger partial charge in [-0.2, -0.15) is 0 Å². The molecule has 1 saturated heterocycles. The molecule has 1 heterocycles. The summed E-state index contributed by atoms with van der Waals surface area (Å²) >= 11 is 0. The first kappa shape index (κ1) is 20.9. The number of aryl methyl sites for hydroxylation is 1. The summed E-state index contributed by atoms with van der Waals surface area (Å²) in [7, 11) is 3.61. The van der Waals surface area contributed by atoms with E-state index in [9.17, 15) is 4.79 Å². The molecule has 1 aromatic carbocycles. The molecule has 1 aliphatic heterocycles. The zero-order chi connectivity index (χ0) is 16.8. The standard InChI is InChI=1S/C18H29N3O2.ClH/c1-14-6-4-5-7-15(14)12-20(2)18(22)13-21-9-8-17(23-3)10-16(21)11-19;/h4-7,16-17H,8-13,19H2,1-3H3;1H. The number of hydrogen-bond donors (Lipinski definition) is 1. The number of nitrogens with two attached hydrogens (primary N) is 1. The van der Waals surface area contributed by atoms with Gasteiger partial charge in [-0.05, 0) is 30.9 Å². The van der Waals surface area contributed by atoms with Crippen LogP contribution in [0.2, 0.25) is 0 Å². The van der Waals surface area contributed by atoms with E-state index in [0.717, 1.165) is 19.4 Å². The number of carbonyl (C=O) groups excluding carboxylic acids is 1. The van der Waals surface area contributed by atoms with Crippen LogP contribution in [0, 0.1) is 6.92 Å². The van der Waals surface area contributed by atoms with Gasteiger partial charge in [0.2, 0.25) is 5.91 Å². The van der Waals surface area contributed by atoms with Crippen LogP contribution in [0.1, 0.15) is 24.0 Å². The van der Waals surface area contributed by atoms with Gasteiger partial charge in [-0.15, -0.1) is 12.4 Å². The lowest BCUT2D eigenvalue weighted by molar-refractivity contribution is -0.133. The van der Waals surface area contributed by atoms with Gasteiger partial charge in [0.25, 0.3) is 0 Å². The summed E-state index contributed by atoms with van der Waals surface area (Å²) in [5.41, 5.74) is 8.29. The Morgan fingerprint density at radius 2 is 2.12 bits per heavy atom. The number of ether oxygens (including phenoxy) is 1. The van der Waals surface area contributed by atoms with Crippen LogP contribution in [-0.4, -0.2) is 61.6 Å². The molecule has 0 radical (unpaired) electrons. The highest BCUT2D eigenvalue weighted by molar-refractivity contribution is 5.85. The molecule has 2 N–H and O–H groups in total. The minimum atomic E-state index is 0. The minimum absolute atomic E-state index is 0. The lowest BCUT2D eigenvalue weighted by atomic mass is 9.99. The highest BCUT2D eigenvalue weighted by atomic mass is 35.5. The van der Waals surface area contributed by atoms with Crippen molar-refractivity contribution >= 4 is 18.3 Å². The van der Waals surface area contributed by atoms with Crippen LogP contribution >= 0.6 is 12.4 Å². The fourth-order valence-corrected chi connectivity index (χ4v) is 3.16. The van der Waals surface area contributed by atoms with Crippen LogP contribution < -0.4 is 5.73 Å². The van der Waals surface area contributed by atoms with Gasteiger partial charge in [-0.3, -0.25) is 9.69 Å². The predicted molar refractivity (Wildman–Crippen MR) is 99.3 cm³/mol. The molecule has 5 nitrogen and oxygen atoms in total. The summed E-state index contributed by atoms with van der Waals surface area (Å²) < 4.78 is 5.44. The van der Waals surface area contributed by atoms with Crippen molar-refractivity contribution in [2.75, 3.05) is 33.8 Å². The number of rotatable bonds is 6. The molecule has 24 heavy (non-hydrogen) atoms. The van der Waals surface area contributed by atoms with Crippen LogP contribution in [0.3, 0.4) is 0 Å². The molecule has 2 atom stereocenters. The first-order valence-electron chi connectivity index (χ1n) is 8.30. The van der Waals surface area contributed by atoms with E-state index in [-0.39, 0.29) is 30.5 Å². The Bertz CT molecular complexity index is 527. The maximum absolute atomic E-state index is 12.6. The Labute approximate surface area is 151 Å². The Morgan fingerprint density at radius 1 is 1.42 bits per heavy atom. The summed E-state index contributed by atoms with van der Waals surface area (Å²) in [6.45, 7) is 4.58. The third kappa shape index (κ3) is 5.45. The van der Waals surface area contributed by atoms with Crippen LogP contribution in [0.4, 0.5) is 0 Å². The maximum atomic E-state index is 12.6. The number of halogens is 1. The average Bonchev–Trinajstić information content (AvgIpc) is 2.57. The summed E-state index contributed by atoms with van der Waals surface area (Å²) in [5, 5.41) is 0. The molecule has 1 aromatic rings. The van der Waals surface area contributed by atoms with E-state index >= 15 is 0 Å². The topological polar surface area (TPSA) is 58.8 Å². The molecule has 1 amide bonds. The second kappa shape index (κ2) is 9.99. The Balaban J connectivity index is 0.00000288. The molecule has 0 spiro atoms. The van der Waals surface area contributed by atoms with Gasteiger partial charge in [-0.25, -0.2) is 0 Å². The van der Waals surface area contributed by atoms with Crippen LogP contribution in [-0.2, 0) is 16.1 Å². The molecule has 0 saturated carbocycles. The monoisotopic (exact) mass is 355 g/mol. The zero-order valence-corrected chi connectivity index (χ0v) is 15.7. The molecule has 2 unspecified atom stereocenters. The van der Waals surface area contributed by atoms with Gasteiger partial charge in [0.15, 0.2) is 0 Å². The number of hydrogen-bond acceptors (Lipinski definition) is 4. The van der Waals surface area contributed by atoms with Gasteiger partial charge in [-0.1, -0.05) is 24.3 Å². The summed E-state index contributed by atoms with van der Waals surface area (Å²) in [5.74, 6) is 0.141. The molecule has 136 valence electrons. The van der Waals surface area contributed by atoms with E-state index in [1.54, 1.807) is 12.0 Å². The van der Waals surface area contributed by atoms with Gasteiger partial charge in [0, 0.05) is 39.8 Å². The second-order valence-corrected chi connectivity index (χ2v) is 6.42. The van der Waals surface area contributed by atoms with Crippen molar-refractivity contribution in [2.24, 2.45) is 5.73 Å². The van der Waals surface area contributed by atoms with Gasteiger partial charge >= 0.3 is 0 Å². The number of piperidine rings is 1. The van der Waals surface area contributed by atoms with Gasteiger partial charge < -0.3 is 15.4 Å². The van der Waals surface area contributed by atoms with Crippen LogP contribution in [0.15, 0.2) is 24.3 Å². The van der Waals surface area contributed by atoms with Crippen molar-refractivity contribution in [1.82, 2.24) is 9.80 Å². The fourth-order valence-electron chi connectivity index (χ4n) is 3.16. The number of amides is 1. The minimum Gasteiger partial charge on any atom is -0.381 e. The molecule has 6 heteroatoms. The number of likely N-dealkylation sites (tertiary alicyclic amines) is 1. The quantitative estimate of drug-likeness (QED) is 0.845. The number of methoxy groups -OCH3 is 1. The van der Waals surface area contributed by atoms with Crippen molar-refractivity contribution in [3.8, 4) is 0 Å². The fraction of sp³-hybridized carbons (Fsp3) is 0.611. The highest BCUT2D eigenvalue weighted by Crippen LogP contribution is 2.19. The van der Waals surface area contributed by atoms with Crippen LogP contribution in [0.5, 0.6) is 0 Å². The first-order chi connectivity index (χ1) is 11.0. The van der Waals surface area contributed by atoms with Crippen LogP contribution in [0.25, 0.3) is 0 Å². The normalized spacial score (nSPS) is 21.2.